The number of rotatable bonds is 5. The van der Waals surface area contributed by atoms with Gasteiger partial charge in [0, 0.05) is 57.6 Å². The minimum absolute atomic E-state index is 0.293. The van der Waals surface area contributed by atoms with Gasteiger partial charge in [-0.25, -0.2) is 4.98 Å². The van der Waals surface area contributed by atoms with Crippen LogP contribution in [0.4, 0.5) is 11.8 Å². The van der Waals surface area contributed by atoms with Gasteiger partial charge in [-0.15, -0.1) is 0 Å². The highest BCUT2D eigenvalue weighted by molar-refractivity contribution is 5.78. The SMILES string of the molecule is CCNc1cc(C)nc(N2CCN(CC(=O)N3CCCCCC3)CC2)n1. The molecule has 0 aromatic carbocycles. The third-order valence-corrected chi connectivity index (χ3v) is 5.17. The van der Waals surface area contributed by atoms with Crippen molar-refractivity contribution >= 4 is 17.7 Å². The van der Waals surface area contributed by atoms with E-state index in [2.05, 4.69) is 36.9 Å². The molecule has 0 radical (unpaired) electrons. The Morgan fingerprint density at radius 2 is 1.73 bits per heavy atom. The van der Waals surface area contributed by atoms with Crippen LogP contribution in [0.25, 0.3) is 0 Å². The summed E-state index contributed by atoms with van der Waals surface area (Å²) in [5, 5.41) is 3.27. The van der Waals surface area contributed by atoms with E-state index in [1.807, 2.05) is 13.0 Å². The number of carbonyl (C=O) groups excluding carboxylic acids is 1. The number of amides is 1. The topological polar surface area (TPSA) is 64.6 Å². The second-order valence-corrected chi connectivity index (χ2v) is 7.28. The Labute approximate surface area is 156 Å². The molecule has 3 heterocycles. The van der Waals surface area contributed by atoms with E-state index in [-0.39, 0.29) is 0 Å². The highest BCUT2D eigenvalue weighted by atomic mass is 16.2. The third kappa shape index (κ3) is 5.06. The van der Waals surface area contributed by atoms with E-state index >= 15 is 0 Å². The number of nitrogens with zero attached hydrogens (tertiary/aromatic N) is 5. The van der Waals surface area contributed by atoms with Crippen molar-refractivity contribution < 1.29 is 4.79 Å². The van der Waals surface area contributed by atoms with Crippen LogP contribution in [-0.4, -0.2) is 78.0 Å². The number of carbonyl (C=O) groups is 1. The van der Waals surface area contributed by atoms with E-state index in [1.54, 1.807) is 0 Å². The van der Waals surface area contributed by atoms with Gasteiger partial charge >= 0.3 is 0 Å². The summed E-state index contributed by atoms with van der Waals surface area (Å²) in [7, 11) is 0. The van der Waals surface area contributed by atoms with Gasteiger partial charge < -0.3 is 15.1 Å². The van der Waals surface area contributed by atoms with Crippen LogP contribution < -0.4 is 10.2 Å². The molecule has 2 aliphatic rings. The minimum atomic E-state index is 0.293. The Morgan fingerprint density at radius 3 is 2.38 bits per heavy atom. The molecule has 2 fully saturated rings. The first-order valence-electron chi connectivity index (χ1n) is 10.0. The summed E-state index contributed by atoms with van der Waals surface area (Å²) in [4.78, 5) is 28.3. The van der Waals surface area contributed by atoms with Crippen LogP contribution in [0.5, 0.6) is 0 Å². The molecule has 1 amide bonds. The molecule has 7 nitrogen and oxygen atoms in total. The average Bonchev–Trinajstić information content (AvgIpc) is 2.92. The van der Waals surface area contributed by atoms with Crippen molar-refractivity contribution in [1.29, 1.82) is 0 Å². The molecular formula is C19H32N6O. The van der Waals surface area contributed by atoms with Gasteiger partial charge in [-0.1, -0.05) is 12.8 Å². The van der Waals surface area contributed by atoms with Crippen molar-refractivity contribution in [2.24, 2.45) is 0 Å². The van der Waals surface area contributed by atoms with Gasteiger partial charge in [-0.2, -0.15) is 4.98 Å². The normalized spacial score (nSPS) is 19.3. The number of aromatic nitrogens is 2. The number of anilines is 2. The largest absolute Gasteiger partial charge is 0.370 e. The molecule has 0 aliphatic carbocycles. The van der Waals surface area contributed by atoms with Crippen molar-refractivity contribution in [3.8, 4) is 0 Å². The molecular weight excluding hydrogens is 328 g/mol. The zero-order valence-electron chi connectivity index (χ0n) is 16.2. The Hall–Kier alpha value is -1.89. The van der Waals surface area contributed by atoms with E-state index < -0.39 is 0 Å². The number of likely N-dealkylation sites (tertiary alicyclic amines) is 1. The van der Waals surface area contributed by atoms with Crippen molar-refractivity contribution in [3.05, 3.63) is 11.8 Å². The predicted molar refractivity (Wildman–Crippen MR) is 105 cm³/mol. The maximum atomic E-state index is 12.6. The smallest absolute Gasteiger partial charge is 0.236 e. The molecule has 1 aromatic heterocycles. The lowest BCUT2D eigenvalue weighted by Gasteiger charge is -2.35. The molecule has 2 aliphatic heterocycles. The maximum Gasteiger partial charge on any atom is 0.236 e. The van der Waals surface area contributed by atoms with Crippen molar-refractivity contribution in [1.82, 2.24) is 19.8 Å². The van der Waals surface area contributed by atoms with Gasteiger partial charge in [-0.3, -0.25) is 9.69 Å². The van der Waals surface area contributed by atoms with E-state index in [4.69, 9.17) is 0 Å². The first-order valence-corrected chi connectivity index (χ1v) is 10.0. The van der Waals surface area contributed by atoms with Gasteiger partial charge in [0.15, 0.2) is 0 Å². The summed E-state index contributed by atoms with van der Waals surface area (Å²) >= 11 is 0. The summed E-state index contributed by atoms with van der Waals surface area (Å²) in [6.45, 7) is 10.8. The lowest BCUT2D eigenvalue weighted by Crippen LogP contribution is -2.50. The van der Waals surface area contributed by atoms with Crippen LogP contribution in [-0.2, 0) is 4.79 Å². The van der Waals surface area contributed by atoms with Crippen LogP contribution in [0, 0.1) is 6.92 Å². The number of hydrogen-bond acceptors (Lipinski definition) is 6. The van der Waals surface area contributed by atoms with Gasteiger partial charge in [-0.05, 0) is 26.7 Å². The Morgan fingerprint density at radius 1 is 1.04 bits per heavy atom. The van der Waals surface area contributed by atoms with E-state index in [0.717, 1.165) is 76.1 Å². The third-order valence-electron chi connectivity index (χ3n) is 5.17. The Bertz CT molecular complexity index is 592. The average molecular weight is 361 g/mol. The number of aryl methyl sites for hydroxylation is 1. The van der Waals surface area contributed by atoms with Crippen molar-refractivity contribution in [2.75, 3.05) is 62.6 Å². The second-order valence-electron chi connectivity index (χ2n) is 7.28. The molecule has 1 aromatic rings. The molecule has 0 bridgehead atoms. The molecule has 0 atom stereocenters. The number of nitrogens with one attached hydrogen (secondary N) is 1. The monoisotopic (exact) mass is 360 g/mol. The number of piperazine rings is 1. The van der Waals surface area contributed by atoms with Crippen LogP contribution in [0.2, 0.25) is 0 Å². The van der Waals surface area contributed by atoms with Crippen molar-refractivity contribution in [3.63, 3.8) is 0 Å². The fourth-order valence-corrected chi connectivity index (χ4v) is 3.68. The Kier molecular flexibility index (Phi) is 6.66. The van der Waals surface area contributed by atoms with Gasteiger partial charge in [0.2, 0.25) is 11.9 Å². The fourth-order valence-electron chi connectivity index (χ4n) is 3.68. The summed E-state index contributed by atoms with van der Waals surface area (Å²) in [5.74, 6) is 1.97. The fraction of sp³-hybridized carbons (Fsp3) is 0.737. The molecule has 26 heavy (non-hydrogen) atoms. The van der Waals surface area contributed by atoms with E-state index in [0.29, 0.717) is 12.5 Å². The first-order chi connectivity index (χ1) is 12.7. The lowest BCUT2D eigenvalue weighted by atomic mass is 10.2. The lowest BCUT2D eigenvalue weighted by molar-refractivity contribution is -0.132. The van der Waals surface area contributed by atoms with Crippen LogP contribution in [0.15, 0.2) is 6.07 Å². The quantitative estimate of drug-likeness (QED) is 0.863. The van der Waals surface area contributed by atoms with Crippen LogP contribution in [0.3, 0.4) is 0 Å². The molecule has 2 saturated heterocycles. The van der Waals surface area contributed by atoms with E-state index in [9.17, 15) is 4.79 Å². The zero-order chi connectivity index (χ0) is 18.4. The van der Waals surface area contributed by atoms with Crippen LogP contribution in [0.1, 0.15) is 38.3 Å². The maximum absolute atomic E-state index is 12.6. The molecule has 1 N–H and O–H groups in total. The second kappa shape index (κ2) is 9.16. The molecule has 0 unspecified atom stereocenters. The van der Waals surface area contributed by atoms with Crippen LogP contribution >= 0.6 is 0 Å². The molecule has 0 spiro atoms. The van der Waals surface area contributed by atoms with Gasteiger partial charge in [0.1, 0.15) is 5.82 Å². The standard InChI is InChI=1S/C19H32N6O/c1-3-20-17-14-16(2)21-19(22-17)25-12-10-23(11-13-25)15-18(26)24-8-6-4-5-7-9-24/h14H,3-13,15H2,1-2H3,(H,20,21,22). The molecule has 0 saturated carbocycles. The van der Waals surface area contributed by atoms with Gasteiger partial charge in [0.05, 0.1) is 6.54 Å². The van der Waals surface area contributed by atoms with E-state index in [1.165, 1.54) is 12.8 Å². The summed E-state index contributed by atoms with van der Waals surface area (Å²) in [6.07, 6.45) is 4.82. The molecule has 3 rings (SSSR count). The molecule has 7 heteroatoms. The summed E-state index contributed by atoms with van der Waals surface area (Å²) in [5.41, 5.74) is 0.977. The minimum Gasteiger partial charge on any atom is -0.370 e. The highest BCUT2D eigenvalue weighted by Crippen LogP contribution is 2.16. The highest BCUT2D eigenvalue weighted by Gasteiger charge is 2.23. The summed E-state index contributed by atoms with van der Waals surface area (Å²) < 4.78 is 0. The number of hydrogen-bond donors (Lipinski definition) is 1. The van der Waals surface area contributed by atoms with Gasteiger partial charge in [0.25, 0.3) is 0 Å². The van der Waals surface area contributed by atoms with Crippen molar-refractivity contribution in [2.45, 2.75) is 39.5 Å². The zero-order valence-corrected chi connectivity index (χ0v) is 16.2. The first kappa shape index (κ1) is 18.9. The Balaban J connectivity index is 1.51. The molecule has 144 valence electrons. The summed E-state index contributed by atoms with van der Waals surface area (Å²) in [6, 6.07) is 1.98. The predicted octanol–water partition coefficient (Wildman–Crippen LogP) is 1.74.